The first kappa shape index (κ1) is 28.5. The second-order valence-corrected chi connectivity index (χ2v) is 10.5. The molecule has 0 bridgehead atoms. The molecule has 0 spiro atoms. The van der Waals surface area contributed by atoms with Crippen molar-refractivity contribution in [3.8, 4) is 22.9 Å². The largest absolute Gasteiger partial charge is 0.493 e. The number of halogens is 3. The Hall–Kier alpha value is -4.64. The molecular weight excluding hydrogens is 557 g/mol. The molecule has 3 aromatic carbocycles. The van der Waals surface area contributed by atoms with Gasteiger partial charge in [-0.3, -0.25) is 4.90 Å². The number of anilines is 2. The highest BCUT2D eigenvalue weighted by atomic mass is 19.4. The van der Waals surface area contributed by atoms with Crippen LogP contribution in [0.3, 0.4) is 0 Å². The molecule has 43 heavy (non-hydrogen) atoms. The average molecular weight is 589 g/mol. The number of rotatable bonds is 8. The van der Waals surface area contributed by atoms with E-state index in [-0.39, 0.29) is 17.4 Å². The molecular formula is C32H31F3N6O2. The minimum absolute atomic E-state index is 0.0858. The zero-order valence-corrected chi connectivity index (χ0v) is 23.8. The minimum atomic E-state index is -4.49. The normalized spacial score (nSPS) is 14.6. The molecule has 1 N–H and O–H groups in total. The van der Waals surface area contributed by atoms with Crippen molar-refractivity contribution in [3.05, 3.63) is 90.1 Å². The molecule has 8 nitrogen and oxygen atoms in total. The van der Waals surface area contributed by atoms with Gasteiger partial charge < -0.3 is 14.8 Å². The van der Waals surface area contributed by atoms with Crippen molar-refractivity contribution in [3.63, 3.8) is 0 Å². The number of hydrogen-bond donors (Lipinski definition) is 1. The van der Waals surface area contributed by atoms with Crippen LogP contribution in [0.5, 0.6) is 11.5 Å². The molecule has 0 saturated carbocycles. The number of nitrogens with zero attached hydrogens (tertiary/aromatic N) is 5. The lowest BCUT2D eigenvalue weighted by atomic mass is 10.0. The van der Waals surface area contributed by atoms with E-state index < -0.39 is 11.7 Å². The highest BCUT2D eigenvalue weighted by Crippen LogP contribution is 2.36. The summed E-state index contributed by atoms with van der Waals surface area (Å²) < 4.78 is 53.4. The van der Waals surface area contributed by atoms with Crippen LogP contribution in [0.15, 0.2) is 79.0 Å². The topological polar surface area (TPSA) is 77.3 Å². The molecule has 1 aliphatic rings. The number of piperidine rings is 1. The molecule has 1 fully saturated rings. The van der Waals surface area contributed by atoms with Gasteiger partial charge >= 0.3 is 6.18 Å². The van der Waals surface area contributed by atoms with Crippen molar-refractivity contribution in [2.45, 2.75) is 31.6 Å². The van der Waals surface area contributed by atoms with E-state index in [2.05, 4.69) is 27.3 Å². The third-order valence-electron chi connectivity index (χ3n) is 7.70. The Morgan fingerprint density at radius 1 is 0.884 bits per heavy atom. The van der Waals surface area contributed by atoms with E-state index in [0.29, 0.717) is 34.0 Å². The predicted octanol–water partition coefficient (Wildman–Crippen LogP) is 7.11. The monoisotopic (exact) mass is 588 g/mol. The quantitative estimate of drug-likeness (QED) is 0.207. The van der Waals surface area contributed by atoms with Crippen molar-refractivity contribution >= 4 is 22.5 Å². The molecule has 0 atom stereocenters. The molecule has 222 valence electrons. The number of methoxy groups -OCH3 is 2. The molecule has 0 radical (unpaired) electrons. The average Bonchev–Trinajstić information content (AvgIpc) is 3.46. The Morgan fingerprint density at radius 2 is 1.65 bits per heavy atom. The van der Waals surface area contributed by atoms with Crippen LogP contribution in [-0.4, -0.2) is 52.0 Å². The summed E-state index contributed by atoms with van der Waals surface area (Å²) in [5.74, 6) is 1.69. The van der Waals surface area contributed by atoms with Crippen LogP contribution in [0.4, 0.5) is 24.7 Å². The van der Waals surface area contributed by atoms with Crippen LogP contribution in [0.2, 0.25) is 0 Å². The number of fused-ring (bicyclic) bond motifs is 1. The SMILES string of the molecule is COc1ccc(Nc2nc(-c3cccc(C(F)(F)F)c3)nc3c2cnn3C2CCN(Cc3ccccc3)CC2)cc1OC. The third kappa shape index (κ3) is 6.12. The lowest BCUT2D eigenvalue weighted by molar-refractivity contribution is -0.137. The Kier molecular flexibility index (Phi) is 7.90. The fourth-order valence-electron chi connectivity index (χ4n) is 5.47. The zero-order valence-electron chi connectivity index (χ0n) is 23.8. The fourth-order valence-corrected chi connectivity index (χ4v) is 5.47. The van der Waals surface area contributed by atoms with Gasteiger partial charge in [-0.05, 0) is 42.7 Å². The summed E-state index contributed by atoms with van der Waals surface area (Å²) >= 11 is 0. The summed E-state index contributed by atoms with van der Waals surface area (Å²) in [4.78, 5) is 11.9. The molecule has 3 heterocycles. The van der Waals surface area contributed by atoms with Crippen LogP contribution in [0.25, 0.3) is 22.4 Å². The van der Waals surface area contributed by atoms with E-state index in [0.717, 1.165) is 44.6 Å². The Bertz CT molecular complexity index is 1720. The predicted molar refractivity (Wildman–Crippen MR) is 159 cm³/mol. The second kappa shape index (κ2) is 11.9. The maximum absolute atomic E-state index is 13.6. The molecule has 5 aromatic rings. The summed E-state index contributed by atoms with van der Waals surface area (Å²) in [7, 11) is 3.10. The first-order valence-corrected chi connectivity index (χ1v) is 14.0. The van der Waals surface area contributed by atoms with Crippen molar-refractivity contribution < 1.29 is 22.6 Å². The van der Waals surface area contributed by atoms with Gasteiger partial charge in [-0.1, -0.05) is 42.5 Å². The lowest BCUT2D eigenvalue weighted by Crippen LogP contribution is -2.34. The zero-order chi connectivity index (χ0) is 30.0. The molecule has 11 heteroatoms. The number of benzene rings is 3. The van der Waals surface area contributed by atoms with Gasteiger partial charge in [-0.25, -0.2) is 14.6 Å². The lowest BCUT2D eigenvalue weighted by Gasteiger charge is -2.32. The first-order valence-electron chi connectivity index (χ1n) is 14.0. The second-order valence-electron chi connectivity index (χ2n) is 10.5. The van der Waals surface area contributed by atoms with Gasteiger partial charge in [0.1, 0.15) is 5.82 Å². The number of hydrogen-bond acceptors (Lipinski definition) is 7. The number of nitrogens with one attached hydrogen (secondary N) is 1. The summed E-state index contributed by atoms with van der Waals surface area (Å²) in [6, 6.07) is 20.9. The van der Waals surface area contributed by atoms with Crippen molar-refractivity contribution in [1.82, 2.24) is 24.6 Å². The van der Waals surface area contributed by atoms with Gasteiger partial charge in [0, 0.05) is 37.0 Å². The van der Waals surface area contributed by atoms with Gasteiger partial charge in [0.25, 0.3) is 0 Å². The maximum atomic E-state index is 13.6. The first-order chi connectivity index (χ1) is 20.8. The van der Waals surface area contributed by atoms with E-state index in [4.69, 9.17) is 19.6 Å². The van der Waals surface area contributed by atoms with Gasteiger partial charge in [0.15, 0.2) is 23.0 Å². The smallest absolute Gasteiger partial charge is 0.416 e. The third-order valence-corrected chi connectivity index (χ3v) is 7.70. The molecule has 1 saturated heterocycles. The van der Waals surface area contributed by atoms with E-state index >= 15 is 0 Å². The highest BCUT2D eigenvalue weighted by Gasteiger charge is 2.31. The summed E-state index contributed by atoms with van der Waals surface area (Å²) in [5, 5.41) is 8.69. The minimum Gasteiger partial charge on any atom is -0.493 e. The molecule has 6 rings (SSSR count). The van der Waals surface area contributed by atoms with Crippen molar-refractivity contribution in [1.29, 1.82) is 0 Å². The molecule has 1 aliphatic heterocycles. The van der Waals surface area contributed by atoms with E-state index in [9.17, 15) is 13.2 Å². The Labute approximate surface area is 247 Å². The number of likely N-dealkylation sites (tertiary alicyclic amines) is 1. The van der Waals surface area contributed by atoms with E-state index in [1.165, 1.54) is 11.6 Å². The summed E-state index contributed by atoms with van der Waals surface area (Å²) in [6.45, 7) is 2.67. The maximum Gasteiger partial charge on any atom is 0.416 e. The standard InChI is InChI=1S/C32H31F3N6O2/c1-42-27-12-11-24(18-28(27)43-2)37-30-26-19-36-41(25-13-15-40(16-14-25)20-21-7-4-3-5-8-21)31(26)39-29(38-30)22-9-6-10-23(17-22)32(33,34)35/h3-12,17-19,25H,13-16,20H2,1-2H3,(H,37,38,39). The van der Waals surface area contributed by atoms with E-state index in [1.807, 2.05) is 28.9 Å². The fraction of sp³-hybridized carbons (Fsp3) is 0.281. The van der Waals surface area contributed by atoms with Crippen molar-refractivity contribution in [2.24, 2.45) is 0 Å². The number of ether oxygens (including phenoxy) is 2. The van der Waals surface area contributed by atoms with Gasteiger partial charge in [0.2, 0.25) is 0 Å². The summed E-state index contributed by atoms with van der Waals surface area (Å²) in [6.07, 6.45) is -1.04. The van der Waals surface area contributed by atoms with Crippen LogP contribution in [0.1, 0.15) is 30.0 Å². The van der Waals surface area contributed by atoms with Gasteiger partial charge in [-0.15, -0.1) is 0 Å². The highest BCUT2D eigenvalue weighted by molar-refractivity contribution is 5.90. The molecule has 0 unspecified atom stereocenters. The van der Waals surface area contributed by atoms with E-state index in [1.54, 1.807) is 38.6 Å². The van der Waals surface area contributed by atoms with Crippen LogP contribution >= 0.6 is 0 Å². The number of alkyl halides is 3. The van der Waals surface area contributed by atoms with Crippen molar-refractivity contribution in [2.75, 3.05) is 32.6 Å². The van der Waals surface area contributed by atoms with Crippen LogP contribution in [-0.2, 0) is 12.7 Å². The van der Waals surface area contributed by atoms with Crippen LogP contribution in [0, 0.1) is 0 Å². The Morgan fingerprint density at radius 3 is 2.37 bits per heavy atom. The van der Waals surface area contributed by atoms with Gasteiger partial charge in [0.05, 0.1) is 37.4 Å². The molecule has 2 aromatic heterocycles. The summed E-state index contributed by atoms with van der Waals surface area (Å²) in [5.41, 5.74) is 2.00. The molecule has 0 aliphatic carbocycles. The molecule has 0 amide bonds. The number of aromatic nitrogens is 4. The van der Waals surface area contributed by atoms with Crippen LogP contribution < -0.4 is 14.8 Å². The Balaban J connectivity index is 1.36. The van der Waals surface area contributed by atoms with Gasteiger partial charge in [-0.2, -0.15) is 18.3 Å².